The zero-order valence-corrected chi connectivity index (χ0v) is 11.1. The van der Waals surface area contributed by atoms with Gasteiger partial charge in [0.05, 0.1) is 5.39 Å². The second kappa shape index (κ2) is 4.00. The zero-order chi connectivity index (χ0) is 11.8. The molecule has 0 bridgehead atoms. The van der Waals surface area contributed by atoms with Crippen molar-refractivity contribution in [1.29, 1.82) is 0 Å². The number of fused-ring (bicyclic) bond motifs is 1. The summed E-state index contributed by atoms with van der Waals surface area (Å²) in [6, 6.07) is 16.7. The Bertz CT molecular complexity index is 668. The molecule has 0 atom stereocenters. The first-order valence-electron chi connectivity index (χ1n) is 5.48. The minimum atomic E-state index is 1.10. The molecular formula is C14H12BrN2+. The topological polar surface area (TPSA) is 8.81 Å². The van der Waals surface area contributed by atoms with Crippen molar-refractivity contribution in [3.63, 3.8) is 0 Å². The maximum absolute atomic E-state index is 3.46. The van der Waals surface area contributed by atoms with Crippen molar-refractivity contribution in [2.75, 3.05) is 0 Å². The van der Waals surface area contributed by atoms with E-state index in [9.17, 15) is 0 Å². The number of aromatic nitrogens is 2. The molecule has 0 unspecified atom stereocenters. The molecule has 0 aliphatic rings. The molecule has 0 aliphatic carbocycles. The number of aryl methyl sites for hydroxylation is 1. The van der Waals surface area contributed by atoms with E-state index in [1.807, 2.05) is 0 Å². The second-order valence-corrected chi connectivity index (χ2v) is 4.97. The monoisotopic (exact) mass is 287 g/mol. The summed E-state index contributed by atoms with van der Waals surface area (Å²) in [7, 11) is 2.06. The number of rotatable bonds is 1. The van der Waals surface area contributed by atoms with Crippen LogP contribution in [0.1, 0.15) is 0 Å². The largest absolute Gasteiger partial charge is 0.203 e. The summed E-state index contributed by atoms with van der Waals surface area (Å²) in [6.45, 7) is 0. The van der Waals surface area contributed by atoms with Crippen molar-refractivity contribution in [2.45, 2.75) is 0 Å². The smallest absolute Gasteiger partial charge is 0.121 e. The number of benzene rings is 2. The lowest BCUT2D eigenvalue weighted by Gasteiger charge is -2.01. The van der Waals surface area contributed by atoms with Gasteiger partial charge in [-0.15, -0.1) is 9.36 Å². The molecule has 1 aromatic heterocycles. The molecule has 0 saturated heterocycles. The van der Waals surface area contributed by atoms with E-state index in [2.05, 4.69) is 87.1 Å². The van der Waals surface area contributed by atoms with Crippen LogP contribution < -0.4 is 4.68 Å². The van der Waals surface area contributed by atoms with Gasteiger partial charge in [-0.3, -0.25) is 0 Å². The average molecular weight is 288 g/mol. The fourth-order valence-electron chi connectivity index (χ4n) is 2.12. The molecule has 0 radical (unpaired) electrons. The van der Waals surface area contributed by atoms with Crippen LogP contribution in [0.5, 0.6) is 0 Å². The summed E-state index contributed by atoms with van der Waals surface area (Å²) in [4.78, 5) is 0. The SMILES string of the molecule is C[n+]1cc2ccccc2n1-c1ccc(Br)cc1. The normalized spacial score (nSPS) is 10.9. The van der Waals surface area contributed by atoms with Crippen LogP contribution >= 0.6 is 15.9 Å². The lowest BCUT2D eigenvalue weighted by molar-refractivity contribution is -0.741. The Morgan fingerprint density at radius 1 is 1.00 bits per heavy atom. The van der Waals surface area contributed by atoms with Gasteiger partial charge in [0.25, 0.3) is 0 Å². The Morgan fingerprint density at radius 3 is 2.47 bits per heavy atom. The molecule has 3 heteroatoms. The van der Waals surface area contributed by atoms with E-state index in [4.69, 9.17) is 0 Å². The van der Waals surface area contributed by atoms with Crippen molar-refractivity contribution in [1.82, 2.24) is 4.68 Å². The van der Waals surface area contributed by atoms with E-state index in [0.717, 1.165) is 10.2 Å². The molecule has 0 aliphatic heterocycles. The molecule has 2 aromatic carbocycles. The molecule has 0 fully saturated rings. The van der Waals surface area contributed by atoms with Crippen molar-refractivity contribution < 1.29 is 4.68 Å². The van der Waals surface area contributed by atoms with Gasteiger partial charge in [0, 0.05) is 4.47 Å². The zero-order valence-electron chi connectivity index (χ0n) is 9.47. The number of nitrogens with zero attached hydrogens (tertiary/aromatic N) is 2. The third-order valence-electron chi connectivity index (χ3n) is 2.88. The second-order valence-electron chi connectivity index (χ2n) is 4.05. The van der Waals surface area contributed by atoms with Crippen LogP contribution in [0.3, 0.4) is 0 Å². The molecular weight excluding hydrogens is 276 g/mol. The number of para-hydroxylation sites is 1. The Labute approximate surface area is 108 Å². The first-order valence-corrected chi connectivity index (χ1v) is 6.27. The van der Waals surface area contributed by atoms with Gasteiger partial charge in [0.2, 0.25) is 6.20 Å². The molecule has 17 heavy (non-hydrogen) atoms. The van der Waals surface area contributed by atoms with Crippen molar-refractivity contribution in [3.05, 3.63) is 59.2 Å². The van der Waals surface area contributed by atoms with E-state index in [1.54, 1.807) is 0 Å². The van der Waals surface area contributed by atoms with Crippen LogP contribution in [0.15, 0.2) is 59.2 Å². The number of halogens is 1. The van der Waals surface area contributed by atoms with Crippen LogP contribution in [-0.4, -0.2) is 4.68 Å². The van der Waals surface area contributed by atoms with Gasteiger partial charge < -0.3 is 0 Å². The van der Waals surface area contributed by atoms with Gasteiger partial charge in [-0.2, -0.15) is 0 Å². The summed E-state index contributed by atoms with van der Waals surface area (Å²) >= 11 is 3.46. The fraction of sp³-hybridized carbons (Fsp3) is 0.0714. The maximum atomic E-state index is 3.46. The highest BCUT2D eigenvalue weighted by Gasteiger charge is 2.12. The quantitative estimate of drug-likeness (QED) is 0.608. The molecule has 2 nitrogen and oxygen atoms in total. The summed E-state index contributed by atoms with van der Waals surface area (Å²) in [6.07, 6.45) is 2.14. The highest BCUT2D eigenvalue weighted by molar-refractivity contribution is 9.10. The lowest BCUT2D eigenvalue weighted by atomic mass is 10.2. The molecule has 84 valence electrons. The third-order valence-corrected chi connectivity index (χ3v) is 3.41. The average Bonchev–Trinajstić information content (AvgIpc) is 2.66. The summed E-state index contributed by atoms with van der Waals surface area (Å²) in [5.74, 6) is 0. The van der Waals surface area contributed by atoms with Gasteiger partial charge in [-0.05, 0) is 36.4 Å². The van der Waals surface area contributed by atoms with Crippen LogP contribution in [0.2, 0.25) is 0 Å². The van der Waals surface area contributed by atoms with Crippen LogP contribution in [0, 0.1) is 0 Å². The molecule has 0 N–H and O–H groups in total. The molecule has 3 aromatic rings. The van der Waals surface area contributed by atoms with E-state index in [0.29, 0.717) is 0 Å². The molecule has 3 rings (SSSR count). The number of hydrogen-bond acceptors (Lipinski definition) is 0. The molecule has 0 amide bonds. The van der Waals surface area contributed by atoms with Crippen LogP contribution in [0.4, 0.5) is 0 Å². The summed E-state index contributed by atoms with van der Waals surface area (Å²) < 4.78 is 5.40. The predicted octanol–water partition coefficient (Wildman–Crippen LogP) is 3.22. The van der Waals surface area contributed by atoms with Gasteiger partial charge >= 0.3 is 0 Å². The van der Waals surface area contributed by atoms with Gasteiger partial charge in [0.1, 0.15) is 11.2 Å². The summed E-state index contributed by atoms with van der Waals surface area (Å²) in [5, 5.41) is 1.25. The number of hydrogen-bond donors (Lipinski definition) is 0. The maximum Gasteiger partial charge on any atom is 0.203 e. The Morgan fingerprint density at radius 2 is 1.71 bits per heavy atom. The molecule has 0 spiro atoms. The van der Waals surface area contributed by atoms with E-state index >= 15 is 0 Å². The standard InChI is InChI=1S/C14H12BrN2/c1-16-10-11-4-2-3-5-14(11)17(16)13-8-6-12(15)7-9-13/h2-10H,1H3/q+1. The minimum Gasteiger partial charge on any atom is -0.121 e. The van der Waals surface area contributed by atoms with Crippen molar-refractivity contribution >= 4 is 26.8 Å². The van der Waals surface area contributed by atoms with Crippen LogP contribution in [-0.2, 0) is 7.05 Å². The lowest BCUT2D eigenvalue weighted by Crippen LogP contribution is -2.36. The highest BCUT2D eigenvalue weighted by Crippen LogP contribution is 2.18. The predicted molar refractivity (Wildman–Crippen MR) is 72.2 cm³/mol. The minimum absolute atomic E-state index is 1.10. The third kappa shape index (κ3) is 1.76. The molecule has 1 heterocycles. The highest BCUT2D eigenvalue weighted by atomic mass is 79.9. The van der Waals surface area contributed by atoms with E-state index in [1.165, 1.54) is 10.9 Å². The Hall–Kier alpha value is -1.61. The van der Waals surface area contributed by atoms with E-state index in [-0.39, 0.29) is 0 Å². The van der Waals surface area contributed by atoms with Crippen molar-refractivity contribution in [3.8, 4) is 5.69 Å². The van der Waals surface area contributed by atoms with Gasteiger partial charge in [-0.1, -0.05) is 28.1 Å². The Kier molecular flexibility index (Phi) is 2.48. The fourth-order valence-corrected chi connectivity index (χ4v) is 2.39. The Balaban J connectivity index is 2.29. The first-order chi connectivity index (χ1) is 8.25. The summed E-state index contributed by atoms with van der Waals surface area (Å²) in [5.41, 5.74) is 2.38. The first kappa shape index (κ1) is 10.5. The van der Waals surface area contributed by atoms with Crippen molar-refractivity contribution in [2.24, 2.45) is 7.05 Å². The van der Waals surface area contributed by atoms with Gasteiger partial charge in [-0.25, -0.2) is 0 Å². The van der Waals surface area contributed by atoms with E-state index < -0.39 is 0 Å². The molecule has 0 saturated carbocycles. The van der Waals surface area contributed by atoms with Gasteiger partial charge in [0.15, 0.2) is 7.05 Å². The van der Waals surface area contributed by atoms with Crippen LogP contribution in [0.25, 0.3) is 16.6 Å².